The number of benzene rings is 1. The fourth-order valence-electron chi connectivity index (χ4n) is 9.14. The van der Waals surface area contributed by atoms with Crippen LogP contribution in [0.2, 0.25) is 0 Å². The summed E-state index contributed by atoms with van der Waals surface area (Å²) in [7, 11) is 0. The minimum absolute atomic E-state index is 0.0304. The van der Waals surface area contributed by atoms with E-state index in [1.807, 2.05) is 30.3 Å². The number of ether oxygens (including phenoxy) is 1. The van der Waals surface area contributed by atoms with E-state index >= 15 is 0 Å². The first kappa shape index (κ1) is 23.5. The Morgan fingerprint density at radius 2 is 1.82 bits per heavy atom. The molecule has 0 spiro atoms. The van der Waals surface area contributed by atoms with Gasteiger partial charge in [-0.2, -0.15) is 0 Å². The van der Waals surface area contributed by atoms with E-state index in [1.165, 1.54) is 11.9 Å². The van der Waals surface area contributed by atoms with Crippen LogP contribution in [0.25, 0.3) is 0 Å². The van der Waals surface area contributed by atoms with Crippen molar-refractivity contribution in [2.75, 3.05) is 0 Å². The van der Waals surface area contributed by atoms with Crippen molar-refractivity contribution in [3.63, 3.8) is 0 Å². The lowest BCUT2D eigenvalue weighted by atomic mass is 9.41. The van der Waals surface area contributed by atoms with Crippen LogP contribution < -0.4 is 0 Å². The van der Waals surface area contributed by atoms with Crippen LogP contribution in [0.4, 0.5) is 0 Å². The maximum absolute atomic E-state index is 13.1. The summed E-state index contributed by atoms with van der Waals surface area (Å²) in [5.41, 5.74) is 1.58. The molecule has 0 aliphatic heterocycles. The quantitative estimate of drug-likeness (QED) is 0.310. The number of carbonyl (C=O) groups excluding carboxylic acids is 3. The summed E-state index contributed by atoms with van der Waals surface area (Å²) in [4.78, 5) is 38.3. The number of allylic oxidation sites excluding steroid dienone is 1. The molecule has 0 radical (unpaired) electrons. The molecule has 4 heteroatoms. The van der Waals surface area contributed by atoms with Gasteiger partial charge in [0.1, 0.15) is 18.2 Å². The van der Waals surface area contributed by atoms with E-state index in [-0.39, 0.29) is 52.4 Å². The summed E-state index contributed by atoms with van der Waals surface area (Å²) < 4.78 is 6.30. The minimum atomic E-state index is -0.263. The zero-order valence-electron chi connectivity index (χ0n) is 20.8. The van der Waals surface area contributed by atoms with Gasteiger partial charge in [0.25, 0.3) is 0 Å². The highest BCUT2D eigenvalue weighted by Gasteiger charge is 2.65. The standard InChI is InChI=1S/C30H38O4/c1-18-12-13-29(3)25(14-18)26(34-28(33)20-8-6-5-7-9-20)15-22-24-11-10-23(19(2)32)30(24,4)16-21(17-31)27(22)29/h5-9,17,21-27H,1,10-16H2,2-4H3. The van der Waals surface area contributed by atoms with Gasteiger partial charge in [-0.3, -0.25) is 4.79 Å². The molecule has 4 aliphatic carbocycles. The van der Waals surface area contributed by atoms with Gasteiger partial charge in [-0.15, -0.1) is 0 Å². The van der Waals surface area contributed by atoms with Crippen molar-refractivity contribution in [1.29, 1.82) is 0 Å². The number of ketones is 1. The highest BCUT2D eigenvalue weighted by molar-refractivity contribution is 5.89. The molecule has 0 N–H and O–H groups in total. The van der Waals surface area contributed by atoms with Crippen molar-refractivity contribution in [2.24, 2.45) is 46.3 Å². The topological polar surface area (TPSA) is 60.4 Å². The summed E-state index contributed by atoms with van der Waals surface area (Å²) in [6, 6.07) is 9.24. The highest BCUT2D eigenvalue weighted by atomic mass is 16.5. The molecule has 0 bridgehead atoms. The van der Waals surface area contributed by atoms with Crippen LogP contribution >= 0.6 is 0 Å². The Morgan fingerprint density at radius 1 is 1.09 bits per heavy atom. The van der Waals surface area contributed by atoms with Crippen LogP contribution in [0.3, 0.4) is 0 Å². The summed E-state index contributed by atoms with van der Waals surface area (Å²) >= 11 is 0. The first-order valence-corrected chi connectivity index (χ1v) is 13.1. The molecule has 34 heavy (non-hydrogen) atoms. The van der Waals surface area contributed by atoms with E-state index in [0.717, 1.165) is 44.9 Å². The van der Waals surface area contributed by atoms with Crippen LogP contribution in [0.15, 0.2) is 42.5 Å². The van der Waals surface area contributed by atoms with Crippen LogP contribution in [0.5, 0.6) is 0 Å². The van der Waals surface area contributed by atoms with E-state index in [1.54, 1.807) is 6.92 Å². The molecule has 182 valence electrons. The first-order valence-electron chi connectivity index (χ1n) is 13.1. The maximum atomic E-state index is 13.1. The summed E-state index contributed by atoms with van der Waals surface area (Å²) in [5, 5.41) is 0. The summed E-state index contributed by atoms with van der Waals surface area (Å²) in [6.07, 6.45) is 7.35. The Kier molecular flexibility index (Phi) is 5.85. The molecule has 0 aromatic heterocycles. The molecule has 0 amide bonds. The van der Waals surface area contributed by atoms with Gasteiger partial charge in [0.2, 0.25) is 0 Å². The molecule has 5 rings (SSSR count). The Balaban J connectivity index is 1.53. The predicted molar refractivity (Wildman–Crippen MR) is 131 cm³/mol. The number of esters is 1. The molecular formula is C30H38O4. The van der Waals surface area contributed by atoms with Gasteiger partial charge in [-0.25, -0.2) is 4.79 Å². The lowest BCUT2D eigenvalue weighted by Gasteiger charge is -2.63. The van der Waals surface area contributed by atoms with E-state index in [9.17, 15) is 14.4 Å². The lowest BCUT2D eigenvalue weighted by molar-refractivity contribution is -0.177. The Labute approximate surface area is 203 Å². The van der Waals surface area contributed by atoms with Crippen molar-refractivity contribution in [3.05, 3.63) is 48.0 Å². The Hall–Kier alpha value is -2.23. The van der Waals surface area contributed by atoms with E-state index < -0.39 is 0 Å². The Bertz CT molecular complexity index is 998. The van der Waals surface area contributed by atoms with Gasteiger partial charge >= 0.3 is 5.97 Å². The molecular weight excluding hydrogens is 424 g/mol. The lowest BCUT2D eigenvalue weighted by Crippen LogP contribution is -2.61. The minimum Gasteiger partial charge on any atom is -0.458 e. The fourth-order valence-corrected chi connectivity index (χ4v) is 9.14. The Morgan fingerprint density at radius 3 is 2.50 bits per heavy atom. The number of hydrogen-bond donors (Lipinski definition) is 0. The molecule has 1 aromatic carbocycles. The smallest absolute Gasteiger partial charge is 0.338 e. The molecule has 0 saturated heterocycles. The summed E-state index contributed by atoms with van der Waals surface area (Å²) in [6.45, 7) is 10.6. The van der Waals surface area contributed by atoms with Crippen LogP contribution in [-0.4, -0.2) is 24.1 Å². The molecule has 4 aliphatic rings. The molecule has 4 nitrogen and oxygen atoms in total. The van der Waals surface area contributed by atoms with E-state index in [4.69, 9.17) is 4.74 Å². The number of Topliss-reactive ketones (excluding diaryl/α,β-unsaturated/α-hetero) is 1. The second-order valence-electron chi connectivity index (χ2n) is 12.2. The van der Waals surface area contributed by atoms with Gasteiger partial charge in [0, 0.05) is 17.8 Å². The monoisotopic (exact) mass is 462 g/mol. The second-order valence-corrected chi connectivity index (χ2v) is 12.2. The maximum Gasteiger partial charge on any atom is 0.338 e. The second kappa shape index (κ2) is 8.46. The van der Waals surface area contributed by atoms with Gasteiger partial charge in [-0.1, -0.05) is 44.2 Å². The zero-order chi connectivity index (χ0) is 24.3. The molecule has 4 saturated carbocycles. The third kappa shape index (κ3) is 3.51. The van der Waals surface area contributed by atoms with Crippen LogP contribution in [-0.2, 0) is 14.3 Å². The predicted octanol–water partition coefficient (Wildman–Crippen LogP) is 6.05. The normalized spacial score (nSPS) is 43.3. The highest BCUT2D eigenvalue weighted by Crippen LogP contribution is 2.69. The largest absolute Gasteiger partial charge is 0.458 e. The number of hydrogen-bond acceptors (Lipinski definition) is 4. The number of aldehydes is 1. The third-order valence-corrected chi connectivity index (χ3v) is 10.5. The average molecular weight is 463 g/mol. The molecule has 9 unspecified atom stereocenters. The first-order chi connectivity index (χ1) is 16.2. The van der Waals surface area contributed by atoms with Crippen molar-refractivity contribution in [2.45, 2.75) is 71.8 Å². The van der Waals surface area contributed by atoms with Crippen molar-refractivity contribution < 1.29 is 19.1 Å². The van der Waals surface area contributed by atoms with Crippen LogP contribution in [0, 0.1) is 46.3 Å². The number of rotatable bonds is 4. The average Bonchev–Trinajstić information content (AvgIpc) is 3.17. The van der Waals surface area contributed by atoms with E-state index in [0.29, 0.717) is 17.4 Å². The SMILES string of the molecule is C=C1CCC2(C)C(C1)C(OC(=O)c1ccccc1)CC1C3CCC(C(C)=O)C3(C)CC(C=O)C12. The van der Waals surface area contributed by atoms with E-state index in [2.05, 4.69) is 20.4 Å². The number of fused-ring (bicyclic) bond motifs is 5. The van der Waals surface area contributed by atoms with Gasteiger partial charge in [0.05, 0.1) is 5.56 Å². The molecule has 0 heterocycles. The molecule has 4 fully saturated rings. The summed E-state index contributed by atoms with van der Waals surface area (Å²) in [5.74, 6) is 1.12. The van der Waals surface area contributed by atoms with Crippen molar-refractivity contribution in [3.8, 4) is 0 Å². The van der Waals surface area contributed by atoms with Gasteiger partial charge in [0.15, 0.2) is 0 Å². The fraction of sp³-hybridized carbons (Fsp3) is 0.633. The van der Waals surface area contributed by atoms with Crippen molar-refractivity contribution >= 4 is 18.0 Å². The molecule has 9 atom stereocenters. The van der Waals surface area contributed by atoms with Crippen LogP contribution in [0.1, 0.15) is 76.1 Å². The third-order valence-electron chi connectivity index (χ3n) is 10.5. The van der Waals surface area contributed by atoms with Gasteiger partial charge in [-0.05, 0) is 92.6 Å². The van der Waals surface area contributed by atoms with Gasteiger partial charge < -0.3 is 9.53 Å². The zero-order valence-corrected chi connectivity index (χ0v) is 20.8. The number of carbonyl (C=O) groups is 3. The molecule has 1 aromatic rings. The van der Waals surface area contributed by atoms with Crippen molar-refractivity contribution in [1.82, 2.24) is 0 Å².